The molecule has 1 N–H and O–H groups in total. The number of nitrogens with one attached hydrogen (secondary N) is 1. The van der Waals surface area contributed by atoms with Crippen molar-refractivity contribution in [3.05, 3.63) is 108 Å². The molecule has 3 aromatic rings. The summed E-state index contributed by atoms with van der Waals surface area (Å²) in [7, 11) is 1.76. The van der Waals surface area contributed by atoms with Gasteiger partial charge in [0.15, 0.2) is 0 Å². The molecule has 0 aliphatic heterocycles. The van der Waals surface area contributed by atoms with E-state index in [2.05, 4.69) is 17.4 Å². The van der Waals surface area contributed by atoms with Crippen LogP contribution < -0.4 is 5.32 Å². The van der Waals surface area contributed by atoms with Crippen LogP contribution in [0.3, 0.4) is 0 Å². The Balaban J connectivity index is 1.51. The standard InChI is InChI=1S/C27H31N3O2/c1-29(21-24-13-7-3-8-14-24)27(32)28-19-17-26(31)30(22-25-15-9-4-10-16-25)20-18-23-11-5-2-6-12-23/h2-16H,17-22H2,1H3,(H,28,32). The Morgan fingerprint density at radius 1 is 0.719 bits per heavy atom. The van der Waals surface area contributed by atoms with Gasteiger partial charge < -0.3 is 15.1 Å². The van der Waals surface area contributed by atoms with E-state index in [0.29, 0.717) is 26.2 Å². The third-order valence-corrected chi connectivity index (χ3v) is 5.31. The molecule has 32 heavy (non-hydrogen) atoms. The predicted octanol–water partition coefficient (Wildman–Crippen LogP) is 4.49. The van der Waals surface area contributed by atoms with E-state index in [9.17, 15) is 9.59 Å². The number of benzene rings is 3. The molecule has 0 aliphatic rings. The summed E-state index contributed by atoms with van der Waals surface area (Å²) < 4.78 is 0. The van der Waals surface area contributed by atoms with Crippen molar-refractivity contribution in [2.75, 3.05) is 20.1 Å². The van der Waals surface area contributed by atoms with Gasteiger partial charge in [0.2, 0.25) is 5.91 Å². The number of hydrogen-bond donors (Lipinski definition) is 1. The molecule has 5 nitrogen and oxygen atoms in total. The highest BCUT2D eigenvalue weighted by atomic mass is 16.2. The van der Waals surface area contributed by atoms with Crippen molar-refractivity contribution in [2.24, 2.45) is 0 Å². The van der Waals surface area contributed by atoms with E-state index in [0.717, 1.165) is 17.5 Å². The zero-order chi connectivity index (χ0) is 22.6. The minimum Gasteiger partial charge on any atom is -0.338 e. The van der Waals surface area contributed by atoms with Crippen LogP contribution in [0.5, 0.6) is 0 Å². The predicted molar refractivity (Wildman–Crippen MR) is 128 cm³/mol. The highest BCUT2D eigenvalue weighted by molar-refractivity contribution is 5.78. The lowest BCUT2D eigenvalue weighted by atomic mass is 10.1. The van der Waals surface area contributed by atoms with Gasteiger partial charge >= 0.3 is 6.03 Å². The maximum atomic E-state index is 13.0. The lowest BCUT2D eigenvalue weighted by Gasteiger charge is -2.24. The van der Waals surface area contributed by atoms with Crippen LogP contribution in [0, 0.1) is 0 Å². The van der Waals surface area contributed by atoms with Crippen LogP contribution in [0.2, 0.25) is 0 Å². The number of nitrogens with zero attached hydrogens (tertiary/aromatic N) is 2. The van der Waals surface area contributed by atoms with Gasteiger partial charge in [-0.25, -0.2) is 4.79 Å². The van der Waals surface area contributed by atoms with E-state index in [1.54, 1.807) is 11.9 Å². The molecule has 5 heteroatoms. The molecular weight excluding hydrogens is 398 g/mol. The summed E-state index contributed by atoms with van der Waals surface area (Å²) in [6, 6.07) is 29.8. The smallest absolute Gasteiger partial charge is 0.317 e. The molecule has 166 valence electrons. The minimum atomic E-state index is -0.180. The monoisotopic (exact) mass is 429 g/mol. The van der Waals surface area contributed by atoms with Gasteiger partial charge in [-0.05, 0) is 23.1 Å². The highest BCUT2D eigenvalue weighted by Crippen LogP contribution is 2.09. The van der Waals surface area contributed by atoms with Crippen molar-refractivity contribution in [1.29, 1.82) is 0 Å². The van der Waals surface area contributed by atoms with Gasteiger partial charge in [0, 0.05) is 39.6 Å². The van der Waals surface area contributed by atoms with E-state index >= 15 is 0 Å². The molecule has 3 aromatic carbocycles. The Morgan fingerprint density at radius 3 is 1.78 bits per heavy atom. The first-order valence-electron chi connectivity index (χ1n) is 11.0. The highest BCUT2D eigenvalue weighted by Gasteiger charge is 2.15. The second-order valence-corrected chi connectivity index (χ2v) is 7.86. The molecule has 0 fully saturated rings. The molecule has 0 heterocycles. The van der Waals surface area contributed by atoms with Crippen molar-refractivity contribution in [3.8, 4) is 0 Å². The minimum absolute atomic E-state index is 0.0378. The Labute approximate surface area is 190 Å². The number of amides is 3. The van der Waals surface area contributed by atoms with Gasteiger partial charge in [-0.1, -0.05) is 91.0 Å². The number of carbonyl (C=O) groups is 2. The molecule has 3 rings (SSSR count). The molecule has 0 saturated heterocycles. The Kier molecular flexibility index (Phi) is 8.87. The maximum absolute atomic E-state index is 13.0. The van der Waals surface area contributed by atoms with Crippen LogP contribution >= 0.6 is 0 Å². The average Bonchev–Trinajstić information content (AvgIpc) is 2.83. The molecule has 0 aliphatic carbocycles. The third kappa shape index (κ3) is 7.58. The topological polar surface area (TPSA) is 52.7 Å². The quantitative estimate of drug-likeness (QED) is 0.516. The largest absolute Gasteiger partial charge is 0.338 e. The molecule has 0 bridgehead atoms. The lowest BCUT2D eigenvalue weighted by Crippen LogP contribution is -2.40. The second kappa shape index (κ2) is 12.3. The van der Waals surface area contributed by atoms with Gasteiger partial charge in [0.25, 0.3) is 0 Å². The summed E-state index contributed by atoms with van der Waals surface area (Å²) in [5.41, 5.74) is 3.37. The first kappa shape index (κ1) is 23.1. The van der Waals surface area contributed by atoms with Crippen LogP contribution in [-0.2, 0) is 24.3 Å². The summed E-state index contributed by atoms with van der Waals surface area (Å²) in [4.78, 5) is 28.9. The van der Waals surface area contributed by atoms with Crippen LogP contribution in [0.1, 0.15) is 23.1 Å². The zero-order valence-corrected chi connectivity index (χ0v) is 18.6. The van der Waals surface area contributed by atoms with E-state index in [4.69, 9.17) is 0 Å². The van der Waals surface area contributed by atoms with Gasteiger partial charge in [-0.3, -0.25) is 4.79 Å². The van der Waals surface area contributed by atoms with E-state index < -0.39 is 0 Å². The molecule has 0 aromatic heterocycles. The summed E-state index contributed by atoms with van der Waals surface area (Å²) in [6.07, 6.45) is 1.07. The molecular formula is C27H31N3O2. The fraction of sp³-hybridized carbons (Fsp3) is 0.259. The number of urea groups is 1. The van der Waals surface area contributed by atoms with Crippen LogP contribution in [-0.4, -0.2) is 41.9 Å². The molecule has 0 saturated carbocycles. The molecule has 0 unspecified atom stereocenters. The Hall–Kier alpha value is -3.60. The van der Waals surface area contributed by atoms with E-state index in [1.807, 2.05) is 83.8 Å². The van der Waals surface area contributed by atoms with Gasteiger partial charge in [0.05, 0.1) is 0 Å². The molecule has 0 atom stereocenters. The van der Waals surface area contributed by atoms with E-state index in [-0.39, 0.29) is 18.4 Å². The fourth-order valence-electron chi connectivity index (χ4n) is 3.50. The maximum Gasteiger partial charge on any atom is 0.317 e. The summed E-state index contributed by atoms with van der Waals surface area (Å²) in [6.45, 7) is 2.04. The average molecular weight is 430 g/mol. The first-order chi connectivity index (χ1) is 15.6. The van der Waals surface area contributed by atoms with Crippen molar-refractivity contribution in [2.45, 2.75) is 25.9 Å². The lowest BCUT2D eigenvalue weighted by molar-refractivity contribution is -0.131. The normalized spacial score (nSPS) is 10.4. The van der Waals surface area contributed by atoms with Crippen molar-refractivity contribution in [3.63, 3.8) is 0 Å². The molecule has 0 radical (unpaired) electrons. The Morgan fingerprint density at radius 2 is 1.22 bits per heavy atom. The van der Waals surface area contributed by atoms with Gasteiger partial charge in [-0.15, -0.1) is 0 Å². The van der Waals surface area contributed by atoms with Crippen LogP contribution in [0.4, 0.5) is 4.79 Å². The molecule has 3 amide bonds. The Bertz CT molecular complexity index is 962. The van der Waals surface area contributed by atoms with Crippen molar-refractivity contribution in [1.82, 2.24) is 15.1 Å². The van der Waals surface area contributed by atoms with Crippen LogP contribution in [0.15, 0.2) is 91.0 Å². The summed E-state index contributed by atoms with van der Waals surface area (Å²) in [5, 5.41) is 2.87. The van der Waals surface area contributed by atoms with E-state index in [1.165, 1.54) is 5.56 Å². The van der Waals surface area contributed by atoms with Crippen molar-refractivity contribution < 1.29 is 9.59 Å². The first-order valence-corrected chi connectivity index (χ1v) is 11.0. The fourth-order valence-corrected chi connectivity index (χ4v) is 3.50. The molecule has 0 spiro atoms. The van der Waals surface area contributed by atoms with Crippen LogP contribution in [0.25, 0.3) is 0 Å². The summed E-state index contributed by atoms with van der Waals surface area (Å²) in [5.74, 6) is 0.0378. The number of rotatable bonds is 10. The van der Waals surface area contributed by atoms with Crippen molar-refractivity contribution >= 4 is 11.9 Å². The zero-order valence-electron chi connectivity index (χ0n) is 18.6. The number of hydrogen-bond acceptors (Lipinski definition) is 2. The van der Waals surface area contributed by atoms with Gasteiger partial charge in [0.1, 0.15) is 0 Å². The SMILES string of the molecule is CN(Cc1ccccc1)C(=O)NCCC(=O)N(CCc1ccccc1)Cc1ccccc1. The summed E-state index contributed by atoms with van der Waals surface area (Å²) >= 11 is 0. The third-order valence-electron chi connectivity index (χ3n) is 5.31. The van der Waals surface area contributed by atoms with Gasteiger partial charge in [-0.2, -0.15) is 0 Å². The number of carbonyl (C=O) groups excluding carboxylic acids is 2. The second-order valence-electron chi connectivity index (χ2n) is 7.86.